The number of hydrogen-bond donors (Lipinski definition) is 1. The van der Waals surface area contributed by atoms with Crippen molar-refractivity contribution in [3.05, 3.63) is 71.2 Å². The van der Waals surface area contributed by atoms with Gasteiger partial charge in [-0.05, 0) is 18.2 Å². The quantitative estimate of drug-likeness (QED) is 0.456. The molecule has 4 rings (SSSR count). The molecule has 4 aromatic rings. The highest BCUT2D eigenvalue weighted by molar-refractivity contribution is 5.85. The number of nitrogens with zero attached hydrogens (tertiary/aromatic N) is 5. The lowest BCUT2D eigenvalue weighted by Gasteiger charge is -2.04. The van der Waals surface area contributed by atoms with E-state index in [1.54, 1.807) is 36.8 Å². The molecule has 0 amide bonds. The van der Waals surface area contributed by atoms with Crippen LogP contribution in [0.25, 0.3) is 28.0 Å². The smallest absolute Gasteiger partial charge is 0.277 e. The summed E-state index contributed by atoms with van der Waals surface area (Å²) in [5.74, 6) is 0.297. The fourth-order valence-electron chi connectivity index (χ4n) is 2.72. The van der Waals surface area contributed by atoms with E-state index in [2.05, 4.69) is 15.1 Å². The number of hydrogen-bond acceptors (Lipinski definition) is 6. The van der Waals surface area contributed by atoms with Crippen LogP contribution in [-0.2, 0) is 0 Å². The number of anilines is 1. The molecule has 0 aliphatic carbocycles. The van der Waals surface area contributed by atoms with Crippen molar-refractivity contribution in [1.29, 1.82) is 0 Å². The van der Waals surface area contributed by atoms with Gasteiger partial charge in [0.05, 0.1) is 21.7 Å². The van der Waals surface area contributed by atoms with Gasteiger partial charge in [-0.25, -0.2) is 9.50 Å². The maximum absolute atomic E-state index is 11.2. The van der Waals surface area contributed by atoms with Crippen molar-refractivity contribution in [2.45, 2.75) is 0 Å². The van der Waals surface area contributed by atoms with Crippen LogP contribution in [0, 0.1) is 10.1 Å². The number of rotatable bonds is 3. The Bertz CT molecular complexity index is 1090. The van der Waals surface area contributed by atoms with Crippen molar-refractivity contribution in [1.82, 2.24) is 19.6 Å². The Kier molecular flexibility index (Phi) is 3.35. The average molecular weight is 332 g/mol. The van der Waals surface area contributed by atoms with Gasteiger partial charge in [0, 0.05) is 30.2 Å². The van der Waals surface area contributed by atoms with Crippen molar-refractivity contribution in [2.24, 2.45) is 0 Å². The molecule has 0 saturated heterocycles. The van der Waals surface area contributed by atoms with E-state index in [-0.39, 0.29) is 5.69 Å². The first-order chi connectivity index (χ1) is 12.1. The van der Waals surface area contributed by atoms with Crippen molar-refractivity contribution in [3.8, 4) is 22.4 Å². The van der Waals surface area contributed by atoms with Gasteiger partial charge in [0.25, 0.3) is 5.69 Å². The van der Waals surface area contributed by atoms with Crippen molar-refractivity contribution >= 4 is 17.2 Å². The minimum Gasteiger partial charge on any atom is -0.382 e. The summed E-state index contributed by atoms with van der Waals surface area (Å²) in [6.07, 6.45) is 4.92. The van der Waals surface area contributed by atoms with Gasteiger partial charge >= 0.3 is 0 Å². The van der Waals surface area contributed by atoms with E-state index >= 15 is 0 Å². The zero-order valence-electron chi connectivity index (χ0n) is 12.9. The molecule has 0 unspecified atom stereocenters. The van der Waals surface area contributed by atoms with E-state index in [9.17, 15) is 10.1 Å². The number of fused-ring (bicyclic) bond motifs is 1. The molecule has 0 aliphatic heterocycles. The summed E-state index contributed by atoms with van der Waals surface area (Å²) in [6.45, 7) is 0. The standard InChI is InChI=1S/C17H12N6O2/c18-16-15(13-6-3-4-8-19-13)17-20-9-11(10-22(17)21-16)12-5-1-2-7-14(12)23(24)25/h1-10H,(H2,18,21). The monoisotopic (exact) mass is 332 g/mol. The Labute approximate surface area is 141 Å². The topological polar surface area (TPSA) is 112 Å². The molecule has 0 spiro atoms. The number of nitro benzene ring substituents is 1. The maximum Gasteiger partial charge on any atom is 0.277 e. The second kappa shape index (κ2) is 5.68. The molecule has 0 saturated carbocycles. The summed E-state index contributed by atoms with van der Waals surface area (Å²) in [6, 6.07) is 12.0. The number of aromatic nitrogens is 4. The number of benzene rings is 1. The lowest BCUT2D eigenvalue weighted by molar-refractivity contribution is -0.384. The lowest BCUT2D eigenvalue weighted by atomic mass is 10.1. The zero-order chi connectivity index (χ0) is 17.4. The van der Waals surface area contributed by atoms with E-state index in [4.69, 9.17) is 5.73 Å². The van der Waals surface area contributed by atoms with Crippen molar-refractivity contribution in [2.75, 3.05) is 5.73 Å². The van der Waals surface area contributed by atoms with Crippen LogP contribution >= 0.6 is 0 Å². The Hall–Kier alpha value is -3.81. The first-order valence-corrected chi connectivity index (χ1v) is 7.44. The Morgan fingerprint density at radius 1 is 1.08 bits per heavy atom. The fraction of sp³-hybridized carbons (Fsp3) is 0. The summed E-state index contributed by atoms with van der Waals surface area (Å²) in [5.41, 5.74) is 8.93. The van der Waals surface area contributed by atoms with Crippen molar-refractivity contribution in [3.63, 3.8) is 0 Å². The molecule has 1 aromatic carbocycles. The van der Waals surface area contributed by atoms with E-state index < -0.39 is 4.92 Å². The van der Waals surface area contributed by atoms with Crippen LogP contribution in [0.1, 0.15) is 0 Å². The van der Waals surface area contributed by atoms with Gasteiger partial charge in [-0.3, -0.25) is 15.1 Å². The highest BCUT2D eigenvalue weighted by Crippen LogP contribution is 2.32. The highest BCUT2D eigenvalue weighted by Gasteiger charge is 2.18. The summed E-state index contributed by atoms with van der Waals surface area (Å²) in [4.78, 5) is 19.5. The molecule has 122 valence electrons. The van der Waals surface area contributed by atoms with Crippen LogP contribution in [0.15, 0.2) is 61.1 Å². The number of para-hydroxylation sites is 1. The molecule has 0 aliphatic rings. The molecule has 3 aromatic heterocycles. The molecule has 0 atom stereocenters. The molecular weight excluding hydrogens is 320 g/mol. The van der Waals surface area contributed by atoms with Gasteiger partial charge in [-0.15, -0.1) is 5.10 Å². The first-order valence-electron chi connectivity index (χ1n) is 7.44. The summed E-state index contributed by atoms with van der Waals surface area (Å²) in [5, 5.41) is 15.5. The number of nitrogens with two attached hydrogens (primary N) is 1. The first kappa shape index (κ1) is 14.8. The normalized spacial score (nSPS) is 10.9. The number of nitro groups is 1. The van der Waals surface area contributed by atoms with Crippen LogP contribution in [-0.4, -0.2) is 24.5 Å². The minimum atomic E-state index is -0.420. The highest BCUT2D eigenvalue weighted by atomic mass is 16.6. The minimum absolute atomic E-state index is 0.00808. The van der Waals surface area contributed by atoms with Crippen LogP contribution < -0.4 is 5.73 Å². The van der Waals surface area contributed by atoms with Crippen LogP contribution in [0.4, 0.5) is 11.5 Å². The molecular formula is C17H12N6O2. The van der Waals surface area contributed by atoms with E-state index in [1.807, 2.05) is 18.2 Å². The third-order valence-electron chi connectivity index (χ3n) is 3.83. The van der Waals surface area contributed by atoms with Crippen molar-refractivity contribution < 1.29 is 4.92 Å². The Morgan fingerprint density at radius 2 is 1.88 bits per heavy atom. The molecule has 8 heteroatoms. The lowest BCUT2D eigenvalue weighted by Crippen LogP contribution is -1.95. The van der Waals surface area contributed by atoms with Gasteiger partial charge in [0.1, 0.15) is 0 Å². The molecule has 0 radical (unpaired) electrons. The Balaban J connectivity index is 1.90. The summed E-state index contributed by atoms with van der Waals surface area (Å²) < 4.78 is 1.52. The van der Waals surface area contributed by atoms with Gasteiger partial charge in [0.15, 0.2) is 11.5 Å². The van der Waals surface area contributed by atoms with E-state index in [1.165, 1.54) is 10.6 Å². The SMILES string of the molecule is Nc1nn2cc(-c3ccccc3[N+](=O)[O-])cnc2c1-c1ccccn1. The largest absolute Gasteiger partial charge is 0.382 e. The van der Waals surface area contributed by atoms with Crippen LogP contribution in [0.5, 0.6) is 0 Å². The van der Waals surface area contributed by atoms with Gasteiger partial charge in [0.2, 0.25) is 0 Å². The number of nitrogen functional groups attached to an aromatic ring is 1. The van der Waals surface area contributed by atoms with Gasteiger partial charge in [-0.1, -0.05) is 18.2 Å². The fourth-order valence-corrected chi connectivity index (χ4v) is 2.72. The molecule has 25 heavy (non-hydrogen) atoms. The zero-order valence-corrected chi connectivity index (χ0v) is 12.9. The number of pyridine rings is 1. The van der Waals surface area contributed by atoms with Gasteiger partial charge in [-0.2, -0.15) is 0 Å². The average Bonchev–Trinajstić information content (AvgIpc) is 2.97. The maximum atomic E-state index is 11.2. The molecule has 0 bridgehead atoms. The van der Waals surface area contributed by atoms with Crippen LogP contribution in [0.2, 0.25) is 0 Å². The predicted molar refractivity (Wildman–Crippen MR) is 92.7 cm³/mol. The second-order valence-electron chi connectivity index (χ2n) is 5.36. The molecule has 3 heterocycles. The van der Waals surface area contributed by atoms with E-state index in [0.29, 0.717) is 33.8 Å². The molecule has 2 N–H and O–H groups in total. The van der Waals surface area contributed by atoms with Crippen LogP contribution in [0.3, 0.4) is 0 Å². The third kappa shape index (κ3) is 2.45. The second-order valence-corrected chi connectivity index (χ2v) is 5.36. The van der Waals surface area contributed by atoms with E-state index in [0.717, 1.165) is 0 Å². The van der Waals surface area contributed by atoms with Gasteiger partial charge < -0.3 is 5.73 Å². The predicted octanol–water partition coefficient (Wildman–Crippen LogP) is 2.95. The Morgan fingerprint density at radius 3 is 2.64 bits per heavy atom. The third-order valence-corrected chi connectivity index (χ3v) is 3.83. The molecule has 0 fully saturated rings. The molecule has 8 nitrogen and oxygen atoms in total. The summed E-state index contributed by atoms with van der Waals surface area (Å²) in [7, 11) is 0. The summed E-state index contributed by atoms with van der Waals surface area (Å²) >= 11 is 0.